The number of anilines is 1. The minimum Gasteiger partial charge on any atom is -0.375 e. The first-order chi connectivity index (χ1) is 12.9. The maximum Gasteiger partial charge on any atom is 0.261 e. The first-order valence-corrected chi connectivity index (χ1v) is 8.81. The Morgan fingerprint density at radius 1 is 1.15 bits per heavy atom. The predicted molar refractivity (Wildman–Crippen MR) is 102 cm³/mol. The molecule has 0 radical (unpaired) electrons. The quantitative estimate of drug-likeness (QED) is 0.654. The number of fused-ring (bicyclic) bond motifs is 1. The summed E-state index contributed by atoms with van der Waals surface area (Å²) < 4.78 is 1.66. The van der Waals surface area contributed by atoms with Crippen LogP contribution in [0.3, 0.4) is 0 Å². The van der Waals surface area contributed by atoms with E-state index in [0.29, 0.717) is 5.56 Å². The third-order valence-corrected chi connectivity index (χ3v) is 5.14. The number of carbonyl (C=O) groups is 2. The number of aliphatic hydroxyl groups is 1. The van der Waals surface area contributed by atoms with Crippen LogP contribution < -0.4 is 5.32 Å². The van der Waals surface area contributed by atoms with Crippen molar-refractivity contribution in [2.24, 2.45) is 0 Å². The fourth-order valence-corrected chi connectivity index (χ4v) is 3.65. The molecule has 4 rings (SSSR count). The number of aromatic nitrogens is 2. The van der Waals surface area contributed by atoms with Crippen molar-refractivity contribution in [3.8, 4) is 5.69 Å². The molecule has 0 fully saturated rings. The van der Waals surface area contributed by atoms with Gasteiger partial charge in [0, 0.05) is 28.5 Å². The lowest BCUT2D eigenvalue weighted by atomic mass is 9.88. The van der Waals surface area contributed by atoms with Crippen LogP contribution >= 0.6 is 23.2 Å². The predicted octanol–water partition coefficient (Wildman–Crippen LogP) is 3.59. The molecule has 0 bridgehead atoms. The summed E-state index contributed by atoms with van der Waals surface area (Å²) >= 11 is 12.2. The van der Waals surface area contributed by atoms with Crippen molar-refractivity contribution in [3.63, 3.8) is 0 Å². The lowest BCUT2D eigenvalue weighted by Crippen LogP contribution is -2.36. The molecule has 6 nitrogen and oxygen atoms in total. The molecule has 0 aliphatic carbocycles. The normalized spacial score (nSPS) is 18.3. The van der Waals surface area contributed by atoms with E-state index < -0.39 is 23.7 Å². The number of halogens is 2. The van der Waals surface area contributed by atoms with Crippen LogP contribution in [0.2, 0.25) is 10.0 Å². The van der Waals surface area contributed by atoms with Gasteiger partial charge in [-0.15, -0.1) is 0 Å². The van der Waals surface area contributed by atoms with Crippen LogP contribution in [0.15, 0.2) is 54.9 Å². The highest BCUT2D eigenvalue weighted by Crippen LogP contribution is 2.46. The number of ketones is 1. The average molecular weight is 402 g/mol. The van der Waals surface area contributed by atoms with E-state index in [1.54, 1.807) is 47.4 Å². The summed E-state index contributed by atoms with van der Waals surface area (Å²) in [5.41, 5.74) is -0.566. The molecule has 136 valence electrons. The number of Topliss-reactive ketones (excluding diaryl/α,β-unsaturated/α-hetero) is 1. The number of rotatable bonds is 4. The number of carbonyl (C=O) groups excluding carboxylic acids is 2. The van der Waals surface area contributed by atoms with Gasteiger partial charge in [0.25, 0.3) is 5.91 Å². The van der Waals surface area contributed by atoms with E-state index in [1.165, 1.54) is 12.1 Å². The number of benzene rings is 2. The summed E-state index contributed by atoms with van der Waals surface area (Å²) in [5.74, 6) is -1.13. The molecule has 1 aromatic heterocycles. The molecule has 0 spiro atoms. The molecule has 8 heteroatoms. The highest BCUT2D eigenvalue weighted by atomic mass is 35.5. The van der Waals surface area contributed by atoms with E-state index in [9.17, 15) is 14.7 Å². The molecule has 1 aliphatic heterocycles. The summed E-state index contributed by atoms with van der Waals surface area (Å²) in [5, 5.41) is 18.0. The second-order valence-electron chi connectivity index (χ2n) is 6.19. The number of nitrogens with zero attached hydrogens (tertiary/aromatic N) is 2. The summed E-state index contributed by atoms with van der Waals surface area (Å²) in [6, 6.07) is 11.5. The molecule has 3 aromatic rings. The van der Waals surface area contributed by atoms with E-state index in [4.69, 9.17) is 23.2 Å². The fourth-order valence-electron chi connectivity index (χ4n) is 3.13. The fraction of sp³-hybridized carbons (Fsp3) is 0.105. The molecule has 0 saturated carbocycles. The van der Waals surface area contributed by atoms with Crippen molar-refractivity contribution >= 4 is 40.6 Å². The smallest absolute Gasteiger partial charge is 0.261 e. The lowest BCUT2D eigenvalue weighted by Gasteiger charge is -2.21. The Kier molecular flexibility index (Phi) is 4.26. The Labute approximate surface area is 164 Å². The third kappa shape index (κ3) is 2.92. The monoisotopic (exact) mass is 401 g/mol. The van der Waals surface area contributed by atoms with E-state index in [2.05, 4.69) is 10.4 Å². The standard InChI is InChI=1S/C19H13Cl2N3O3/c20-13-6-7-14(21)17-16(13)19(27,18(26)23-17)10-15(25)11-2-4-12(5-3-11)24-9-1-8-22-24/h1-9,27H,10H2,(H,23,26)/t19-/m1/s1. The second kappa shape index (κ2) is 6.49. The Balaban J connectivity index is 1.64. The van der Waals surface area contributed by atoms with Gasteiger partial charge in [0.05, 0.1) is 22.8 Å². The van der Waals surface area contributed by atoms with Crippen LogP contribution in [-0.2, 0) is 10.4 Å². The molecular formula is C19H13Cl2N3O3. The molecule has 2 N–H and O–H groups in total. The molecule has 1 atom stereocenters. The van der Waals surface area contributed by atoms with Crippen molar-refractivity contribution in [2.45, 2.75) is 12.0 Å². The number of hydrogen-bond donors (Lipinski definition) is 2. The van der Waals surface area contributed by atoms with Crippen molar-refractivity contribution in [1.82, 2.24) is 9.78 Å². The molecule has 0 unspecified atom stereocenters. The highest BCUT2D eigenvalue weighted by molar-refractivity contribution is 6.38. The van der Waals surface area contributed by atoms with Gasteiger partial charge in [-0.05, 0) is 42.5 Å². The van der Waals surface area contributed by atoms with Crippen LogP contribution in [0.4, 0.5) is 5.69 Å². The Bertz CT molecular complexity index is 1050. The van der Waals surface area contributed by atoms with Crippen LogP contribution in [-0.4, -0.2) is 26.6 Å². The van der Waals surface area contributed by atoms with Crippen LogP contribution in [0.5, 0.6) is 0 Å². The molecule has 2 heterocycles. The minimum atomic E-state index is -2.07. The highest BCUT2D eigenvalue weighted by Gasteiger charge is 2.49. The van der Waals surface area contributed by atoms with Gasteiger partial charge in [0.1, 0.15) is 0 Å². The van der Waals surface area contributed by atoms with Gasteiger partial charge in [-0.25, -0.2) is 4.68 Å². The first-order valence-electron chi connectivity index (χ1n) is 8.06. The SMILES string of the molecule is O=C(C[C@]1(O)C(=O)Nc2c(Cl)ccc(Cl)c21)c1ccc(-n2cccn2)cc1. The van der Waals surface area contributed by atoms with E-state index in [0.717, 1.165) is 5.69 Å². The zero-order chi connectivity index (χ0) is 19.2. The zero-order valence-corrected chi connectivity index (χ0v) is 15.3. The van der Waals surface area contributed by atoms with E-state index in [-0.39, 0.29) is 21.3 Å². The molecule has 1 amide bonds. The van der Waals surface area contributed by atoms with Gasteiger partial charge in [-0.2, -0.15) is 5.10 Å². The summed E-state index contributed by atoms with van der Waals surface area (Å²) in [6.45, 7) is 0. The summed E-state index contributed by atoms with van der Waals surface area (Å²) in [4.78, 5) is 25.1. The Hall–Kier alpha value is -2.67. The van der Waals surface area contributed by atoms with Gasteiger partial charge in [-0.3, -0.25) is 9.59 Å². The van der Waals surface area contributed by atoms with Crippen molar-refractivity contribution in [1.29, 1.82) is 0 Å². The molecule has 1 aliphatic rings. The number of hydrogen-bond acceptors (Lipinski definition) is 4. The van der Waals surface area contributed by atoms with Crippen molar-refractivity contribution < 1.29 is 14.7 Å². The van der Waals surface area contributed by atoms with Crippen LogP contribution in [0, 0.1) is 0 Å². The lowest BCUT2D eigenvalue weighted by molar-refractivity contribution is -0.133. The van der Waals surface area contributed by atoms with Crippen LogP contribution in [0.25, 0.3) is 5.69 Å². The van der Waals surface area contributed by atoms with E-state index >= 15 is 0 Å². The van der Waals surface area contributed by atoms with Gasteiger partial charge in [-0.1, -0.05) is 23.2 Å². The van der Waals surface area contributed by atoms with Crippen molar-refractivity contribution in [2.75, 3.05) is 5.32 Å². The van der Waals surface area contributed by atoms with Gasteiger partial charge in [0.2, 0.25) is 0 Å². The minimum absolute atomic E-state index is 0.128. The van der Waals surface area contributed by atoms with E-state index in [1.807, 2.05) is 0 Å². The first kappa shape index (κ1) is 17.7. The Morgan fingerprint density at radius 3 is 2.52 bits per heavy atom. The largest absolute Gasteiger partial charge is 0.375 e. The number of nitrogens with one attached hydrogen (secondary N) is 1. The maximum atomic E-state index is 12.7. The van der Waals surface area contributed by atoms with Gasteiger partial charge >= 0.3 is 0 Å². The van der Waals surface area contributed by atoms with Gasteiger partial charge < -0.3 is 10.4 Å². The van der Waals surface area contributed by atoms with Crippen molar-refractivity contribution in [3.05, 3.63) is 76.0 Å². The Morgan fingerprint density at radius 2 is 1.85 bits per heavy atom. The maximum absolute atomic E-state index is 12.7. The summed E-state index contributed by atoms with van der Waals surface area (Å²) in [7, 11) is 0. The zero-order valence-electron chi connectivity index (χ0n) is 13.8. The summed E-state index contributed by atoms with van der Waals surface area (Å²) in [6.07, 6.45) is 2.98. The van der Waals surface area contributed by atoms with Crippen LogP contribution in [0.1, 0.15) is 22.3 Å². The van der Waals surface area contributed by atoms with Gasteiger partial charge in [0.15, 0.2) is 11.4 Å². The third-order valence-electron chi connectivity index (χ3n) is 4.51. The molecular weight excluding hydrogens is 389 g/mol. The molecule has 27 heavy (non-hydrogen) atoms. The number of amides is 1. The second-order valence-corrected chi connectivity index (χ2v) is 7.01. The average Bonchev–Trinajstić information content (AvgIpc) is 3.27. The topological polar surface area (TPSA) is 84.2 Å². The molecule has 2 aromatic carbocycles. The molecule has 0 saturated heterocycles.